The zero-order valence-electron chi connectivity index (χ0n) is 21.4. The third-order valence-electron chi connectivity index (χ3n) is 7.69. The van der Waals surface area contributed by atoms with Gasteiger partial charge in [0.25, 0.3) is 0 Å². The van der Waals surface area contributed by atoms with Gasteiger partial charge in [0.1, 0.15) is 18.0 Å². The second-order valence-electron chi connectivity index (χ2n) is 10.2. The molecule has 2 aromatic rings. The Labute approximate surface area is 226 Å². The molecule has 0 amide bonds. The van der Waals surface area contributed by atoms with E-state index < -0.39 is 36.4 Å². The number of phenols is 1. The molecule has 3 fully saturated rings. The van der Waals surface area contributed by atoms with Crippen molar-refractivity contribution in [2.45, 2.75) is 56.7 Å². The fourth-order valence-corrected chi connectivity index (χ4v) is 5.83. The summed E-state index contributed by atoms with van der Waals surface area (Å²) in [5, 5.41) is 19.5. The summed E-state index contributed by atoms with van der Waals surface area (Å²) in [6.07, 6.45) is 3.01. The van der Waals surface area contributed by atoms with E-state index in [1.54, 1.807) is 42.5 Å². The van der Waals surface area contributed by atoms with Crippen molar-refractivity contribution in [1.29, 1.82) is 0 Å². The first-order valence-electron chi connectivity index (χ1n) is 13.3. The molecule has 7 atom stereocenters. The number of aliphatic carboxylic acids is 1. The van der Waals surface area contributed by atoms with Crippen molar-refractivity contribution in [3.63, 3.8) is 0 Å². The molecule has 1 saturated carbocycles. The molecule has 0 radical (unpaired) electrons. The largest absolute Gasteiger partial charge is 0.508 e. The van der Waals surface area contributed by atoms with Gasteiger partial charge < -0.3 is 29.2 Å². The van der Waals surface area contributed by atoms with Crippen LogP contribution >= 0.6 is 0 Å². The molecule has 1 aliphatic carbocycles. The van der Waals surface area contributed by atoms with E-state index in [9.17, 15) is 19.5 Å². The Balaban J connectivity index is 1.36. The van der Waals surface area contributed by atoms with Crippen LogP contribution in [-0.4, -0.2) is 53.2 Å². The minimum absolute atomic E-state index is 0.0489. The number of allylic oxidation sites excluding steroid dienone is 2. The van der Waals surface area contributed by atoms with Gasteiger partial charge in [-0.25, -0.2) is 4.79 Å². The van der Waals surface area contributed by atoms with Gasteiger partial charge in [0.05, 0.1) is 30.6 Å². The van der Waals surface area contributed by atoms with Gasteiger partial charge in [0, 0.05) is 30.2 Å². The summed E-state index contributed by atoms with van der Waals surface area (Å²) in [6.45, 7) is 0.301. The molecule has 0 aromatic heterocycles. The Bertz CT molecular complexity index is 1210. The number of ether oxygens (including phenoxy) is 4. The standard InChI is InChI=1S/C30H32O9/c31-22-13-8-7-12-20(22)28-19(11-5-2-6-14-25(32)33)17-36-30(39-28)27-21-15-26(34)37-23(21)16-24(27)38-29(35)18-9-3-1-4-10-18/h1-5,7-10,12-13,19,21,23-24,27-28,30-31H,6,11,14-17H2,(H,32,33)/b5-2-/t19-,21+,23+,24-,27-,28+,30?/m1/s1. The van der Waals surface area contributed by atoms with Gasteiger partial charge >= 0.3 is 17.9 Å². The summed E-state index contributed by atoms with van der Waals surface area (Å²) in [5.74, 6) is -2.33. The van der Waals surface area contributed by atoms with E-state index in [1.165, 1.54) is 0 Å². The molecule has 2 aromatic carbocycles. The molecule has 2 heterocycles. The number of fused-ring (bicyclic) bond motifs is 1. The lowest BCUT2D eigenvalue weighted by atomic mass is 9.88. The highest BCUT2D eigenvalue weighted by Crippen LogP contribution is 2.49. The van der Waals surface area contributed by atoms with Crippen molar-refractivity contribution < 1.29 is 43.5 Å². The van der Waals surface area contributed by atoms with E-state index in [4.69, 9.17) is 24.1 Å². The molecule has 39 heavy (non-hydrogen) atoms. The monoisotopic (exact) mass is 536 g/mol. The predicted molar refractivity (Wildman–Crippen MR) is 138 cm³/mol. The lowest BCUT2D eigenvalue weighted by Gasteiger charge is -2.41. The smallest absolute Gasteiger partial charge is 0.338 e. The second-order valence-corrected chi connectivity index (χ2v) is 10.2. The quantitative estimate of drug-likeness (QED) is 0.354. The topological polar surface area (TPSA) is 129 Å². The molecule has 3 aliphatic rings. The molecule has 2 N–H and O–H groups in total. The van der Waals surface area contributed by atoms with Crippen LogP contribution in [0.1, 0.15) is 54.1 Å². The van der Waals surface area contributed by atoms with Gasteiger partial charge in [-0.05, 0) is 31.0 Å². The molecule has 0 spiro atoms. The summed E-state index contributed by atoms with van der Waals surface area (Å²) in [7, 11) is 0. The molecule has 5 rings (SSSR count). The molecule has 1 unspecified atom stereocenters. The average Bonchev–Trinajstić information content (AvgIpc) is 3.44. The maximum Gasteiger partial charge on any atom is 0.338 e. The number of aromatic hydroxyl groups is 1. The number of esters is 2. The Morgan fingerprint density at radius 2 is 1.82 bits per heavy atom. The van der Waals surface area contributed by atoms with Crippen LogP contribution in [0.5, 0.6) is 5.75 Å². The van der Waals surface area contributed by atoms with Crippen LogP contribution in [0.15, 0.2) is 66.7 Å². The zero-order valence-corrected chi connectivity index (χ0v) is 21.4. The first-order chi connectivity index (χ1) is 18.9. The summed E-state index contributed by atoms with van der Waals surface area (Å²) in [5.41, 5.74) is 1.04. The maximum absolute atomic E-state index is 12.9. The van der Waals surface area contributed by atoms with Crippen LogP contribution in [0.3, 0.4) is 0 Å². The van der Waals surface area contributed by atoms with E-state index in [-0.39, 0.29) is 42.5 Å². The van der Waals surface area contributed by atoms with Crippen LogP contribution < -0.4 is 0 Å². The number of hydrogen-bond donors (Lipinski definition) is 2. The Hall–Kier alpha value is -3.69. The maximum atomic E-state index is 12.9. The SMILES string of the molecule is O=C(O)CC/C=C\C[C@@H]1COC([C@@H]2[C@H]3CC(=O)O[C@H]3C[C@H]2OC(=O)c2ccccc2)O[C@@H]1c1ccccc1O. The zero-order chi connectivity index (χ0) is 27.4. The third kappa shape index (κ3) is 6.15. The molecule has 2 saturated heterocycles. The molecule has 9 heteroatoms. The molecule has 0 bridgehead atoms. The van der Waals surface area contributed by atoms with Crippen molar-refractivity contribution in [3.05, 3.63) is 77.9 Å². The Morgan fingerprint density at radius 1 is 1.05 bits per heavy atom. The van der Waals surface area contributed by atoms with Gasteiger partial charge in [-0.2, -0.15) is 0 Å². The van der Waals surface area contributed by atoms with Crippen LogP contribution in [-0.2, 0) is 28.5 Å². The van der Waals surface area contributed by atoms with Crippen LogP contribution in [0, 0.1) is 17.8 Å². The average molecular weight is 537 g/mol. The lowest BCUT2D eigenvalue weighted by molar-refractivity contribution is -0.272. The summed E-state index contributed by atoms with van der Waals surface area (Å²) >= 11 is 0. The predicted octanol–water partition coefficient (Wildman–Crippen LogP) is 4.41. The van der Waals surface area contributed by atoms with E-state index in [0.717, 1.165) is 0 Å². The number of carboxylic acid groups (broad SMARTS) is 1. The minimum Gasteiger partial charge on any atom is -0.508 e. The Morgan fingerprint density at radius 3 is 2.59 bits per heavy atom. The summed E-state index contributed by atoms with van der Waals surface area (Å²) in [6, 6.07) is 15.7. The number of phenolic OH excluding ortho intramolecular Hbond substituents is 1. The number of rotatable bonds is 9. The highest BCUT2D eigenvalue weighted by atomic mass is 16.7. The summed E-state index contributed by atoms with van der Waals surface area (Å²) < 4.78 is 24.2. The van der Waals surface area contributed by atoms with Gasteiger partial charge in [-0.15, -0.1) is 0 Å². The van der Waals surface area contributed by atoms with Crippen molar-refractivity contribution >= 4 is 17.9 Å². The molecule has 9 nitrogen and oxygen atoms in total. The first-order valence-corrected chi connectivity index (χ1v) is 13.3. The van der Waals surface area contributed by atoms with Gasteiger partial charge in [-0.3, -0.25) is 9.59 Å². The lowest BCUT2D eigenvalue weighted by Crippen LogP contribution is -2.44. The van der Waals surface area contributed by atoms with Crippen molar-refractivity contribution in [3.8, 4) is 5.75 Å². The van der Waals surface area contributed by atoms with Crippen LogP contribution in [0.25, 0.3) is 0 Å². The number of para-hydroxylation sites is 1. The van der Waals surface area contributed by atoms with E-state index in [0.29, 0.717) is 37.0 Å². The number of hydrogen-bond acceptors (Lipinski definition) is 8. The minimum atomic E-state index is -0.856. The number of carboxylic acids is 1. The molecule has 206 valence electrons. The summed E-state index contributed by atoms with van der Waals surface area (Å²) in [4.78, 5) is 35.9. The van der Waals surface area contributed by atoms with Gasteiger partial charge in [-0.1, -0.05) is 48.6 Å². The number of carbonyl (C=O) groups excluding carboxylic acids is 2. The van der Waals surface area contributed by atoms with Crippen molar-refractivity contribution in [2.24, 2.45) is 17.8 Å². The molecule has 2 aliphatic heterocycles. The van der Waals surface area contributed by atoms with E-state index >= 15 is 0 Å². The van der Waals surface area contributed by atoms with Crippen molar-refractivity contribution in [2.75, 3.05) is 6.61 Å². The van der Waals surface area contributed by atoms with Crippen molar-refractivity contribution in [1.82, 2.24) is 0 Å². The fraction of sp³-hybridized carbons (Fsp3) is 0.433. The highest BCUT2D eigenvalue weighted by molar-refractivity contribution is 5.89. The second kappa shape index (κ2) is 12.0. The van der Waals surface area contributed by atoms with Gasteiger partial charge in [0.15, 0.2) is 6.29 Å². The van der Waals surface area contributed by atoms with Gasteiger partial charge in [0.2, 0.25) is 0 Å². The first kappa shape index (κ1) is 26.9. The van der Waals surface area contributed by atoms with E-state index in [2.05, 4.69) is 0 Å². The van der Waals surface area contributed by atoms with Crippen LogP contribution in [0.2, 0.25) is 0 Å². The van der Waals surface area contributed by atoms with E-state index in [1.807, 2.05) is 24.3 Å². The van der Waals surface area contributed by atoms with Crippen LogP contribution in [0.4, 0.5) is 0 Å². The fourth-order valence-electron chi connectivity index (χ4n) is 5.83. The third-order valence-corrected chi connectivity index (χ3v) is 7.69. The number of benzene rings is 2. The normalized spacial score (nSPS) is 30.2. The Kier molecular flexibility index (Phi) is 8.28. The molecular weight excluding hydrogens is 504 g/mol. The molecular formula is C30H32O9. The number of carbonyl (C=O) groups is 3. The highest BCUT2D eigenvalue weighted by Gasteiger charge is 2.56.